The lowest BCUT2D eigenvalue weighted by atomic mass is 9.79. The Morgan fingerprint density at radius 1 is 0.927 bits per heavy atom. The van der Waals surface area contributed by atoms with Gasteiger partial charge in [-0.1, -0.05) is 30.3 Å². The predicted molar refractivity (Wildman–Crippen MR) is 160 cm³/mol. The van der Waals surface area contributed by atoms with Gasteiger partial charge in [-0.15, -0.1) is 0 Å². The average Bonchev–Trinajstić information content (AvgIpc) is 2.94. The maximum atomic E-state index is 12.4. The molecular weight excluding hydrogens is 518 g/mol. The van der Waals surface area contributed by atoms with Crippen molar-refractivity contribution in [2.75, 3.05) is 26.1 Å². The van der Waals surface area contributed by atoms with Crippen molar-refractivity contribution in [3.8, 4) is 17.2 Å². The summed E-state index contributed by atoms with van der Waals surface area (Å²) in [4.78, 5) is 23.3. The van der Waals surface area contributed by atoms with Gasteiger partial charge in [0.05, 0.1) is 26.1 Å². The minimum absolute atomic E-state index is 0.0430. The van der Waals surface area contributed by atoms with Gasteiger partial charge in [0.25, 0.3) is 0 Å². The Labute approximate surface area is 242 Å². The molecule has 0 saturated carbocycles. The Hall–Kier alpha value is -4.00. The second kappa shape index (κ2) is 13.1. The molecule has 3 aromatic rings. The van der Waals surface area contributed by atoms with E-state index in [0.29, 0.717) is 23.2 Å². The van der Waals surface area contributed by atoms with Gasteiger partial charge in [0.1, 0.15) is 5.75 Å². The number of aliphatic carboxylic acids is 1. The smallest absolute Gasteiger partial charge is 0.316 e. The van der Waals surface area contributed by atoms with E-state index in [0.717, 1.165) is 49.9 Å². The van der Waals surface area contributed by atoms with Crippen LogP contribution in [-0.2, 0) is 35.3 Å². The maximum absolute atomic E-state index is 12.4. The number of nitrogens with one attached hydrogen (secondary N) is 1. The molecule has 1 aliphatic carbocycles. The fourth-order valence-corrected chi connectivity index (χ4v) is 5.22. The Bertz CT molecular complexity index is 1370. The third kappa shape index (κ3) is 7.81. The average molecular weight is 560 g/mol. The van der Waals surface area contributed by atoms with E-state index in [1.165, 1.54) is 22.3 Å². The third-order valence-electron chi connectivity index (χ3n) is 7.56. The summed E-state index contributed by atoms with van der Waals surface area (Å²) in [5.74, 6) is 1.25. The molecule has 2 N–H and O–H groups in total. The lowest BCUT2D eigenvalue weighted by molar-refractivity contribution is -0.143. The molecule has 3 aromatic carbocycles. The van der Waals surface area contributed by atoms with Crippen molar-refractivity contribution in [1.29, 1.82) is 0 Å². The van der Waals surface area contributed by atoms with Crippen molar-refractivity contribution in [3.63, 3.8) is 0 Å². The summed E-state index contributed by atoms with van der Waals surface area (Å²) < 4.78 is 16.9. The Morgan fingerprint density at radius 2 is 1.61 bits per heavy atom. The van der Waals surface area contributed by atoms with E-state index in [2.05, 4.69) is 17.4 Å². The first-order chi connectivity index (χ1) is 19.6. The van der Waals surface area contributed by atoms with Gasteiger partial charge in [0, 0.05) is 18.3 Å². The molecule has 0 unspecified atom stereocenters. The van der Waals surface area contributed by atoms with Crippen LogP contribution in [0.2, 0.25) is 0 Å². The van der Waals surface area contributed by atoms with Crippen LogP contribution in [-0.4, -0.2) is 37.8 Å². The summed E-state index contributed by atoms with van der Waals surface area (Å²) in [6.07, 6.45) is 4.61. The summed E-state index contributed by atoms with van der Waals surface area (Å²) >= 11 is 0. The zero-order chi connectivity index (χ0) is 29.6. The molecule has 0 amide bonds. The first-order valence-corrected chi connectivity index (χ1v) is 14.2. The Kier molecular flexibility index (Phi) is 9.58. The van der Waals surface area contributed by atoms with E-state index in [9.17, 15) is 9.59 Å². The highest BCUT2D eigenvalue weighted by molar-refractivity contribution is 5.78. The molecule has 0 radical (unpaired) electrons. The van der Waals surface area contributed by atoms with E-state index in [4.69, 9.17) is 19.3 Å². The molecule has 218 valence electrons. The van der Waals surface area contributed by atoms with E-state index in [-0.39, 0.29) is 12.4 Å². The number of fused-ring (bicyclic) bond motifs is 1. The normalized spacial score (nSPS) is 14.6. The van der Waals surface area contributed by atoms with Crippen molar-refractivity contribution in [3.05, 3.63) is 82.4 Å². The summed E-state index contributed by atoms with van der Waals surface area (Å²) in [5.41, 5.74) is 6.19. The van der Waals surface area contributed by atoms with Crippen LogP contribution in [0, 0.1) is 5.41 Å². The van der Waals surface area contributed by atoms with Crippen molar-refractivity contribution in [1.82, 2.24) is 0 Å². The molecule has 7 nitrogen and oxygen atoms in total. The fourth-order valence-electron chi connectivity index (χ4n) is 5.22. The number of carboxylic acid groups (broad SMARTS) is 1. The van der Waals surface area contributed by atoms with Crippen molar-refractivity contribution in [2.45, 2.75) is 65.2 Å². The number of rotatable bonds is 11. The second-order valence-corrected chi connectivity index (χ2v) is 11.7. The van der Waals surface area contributed by atoms with Gasteiger partial charge in [0.2, 0.25) is 0 Å². The van der Waals surface area contributed by atoms with Crippen LogP contribution in [0.5, 0.6) is 17.2 Å². The number of carboxylic acids is 1. The number of anilines is 1. The molecule has 7 heteroatoms. The van der Waals surface area contributed by atoms with Crippen LogP contribution in [0.1, 0.15) is 67.3 Å². The van der Waals surface area contributed by atoms with E-state index in [1.807, 2.05) is 63.2 Å². The molecule has 0 aromatic heterocycles. The van der Waals surface area contributed by atoms with E-state index in [1.54, 1.807) is 14.2 Å². The number of carbonyl (C=O) groups excluding carboxylic acids is 1. The number of esters is 1. The zero-order valence-electron chi connectivity index (χ0n) is 24.7. The Balaban J connectivity index is 1.45. The number of aryl methyl sites for hydroxylation is 2. The lowest BCUT2D eigenvalue weighted by Crippen LogP contribution is -2.25. The van der Waals surface area contributed by atoms with Crippen LogP contribution < -0.4 is 19.5 Å². The monoisotopic (exact) mass is 559 g/mol. The summed E-state index contributed by atoms with van der Waals surface area (Å²) in [5, 5.41) is 12.6. The molecule has 0 fully saturated rings. The van der Waals surface area contributed by atoms with E-state index >= 15 is 0 Å². The van der Waals surface area contributed by atoms with Crippen LogP contribution in [0.3, 0.4) is 0 Å². The van der Waals surface area contributed by atoms with Crippen LogP contribution in [0.25, 0.3) is 0 Å². The number of hydrogen-bond donors (Lipinski definition) is 2. The number of benzene rings is 3. The third-order valence-corrected chi connectivity index (χ3v) is 7.56. The minimum Gasteiger partial charge on any atom is -0.493 e. The van der Waals surface area contributed by atoms with Gasteiger partial charge in [-0.3, -0.25) is 9.59 Å². The summed E-state index contributed by atoms with van der Waals surface area (Å²) in [6, 6.07) is 17.9. The molecule has 0 spiro atoms. The summed E-state index contributed by atoms with van der Waals surface area (Å²) in [6.45, 7) is 6.35. The highest BCUT2D eigenvalue weighted by Gasteiger charge is 2.27. The first kappa shape index (κ1) is 30.0. The number of carbonyl (C=O) groups is 2. The largest absolute Gasteiger partial charge is 0.493 e. The highest BCUT2D eigenvalue weighted by atomic mass is 16.5. The number of methoxy groups -OCH3 is 2. The van der Waals surface area contributed by atoms with Crippen LogP contribution in [0.4, 0.5) is 5.69 Å². The molecule has 0 bridgehead atoms. The number of ether oxygens (including phenoxy) is 3. The fraction of sp³-hybridized carbons (Fsp3) is 0.412. The van der Waals surface area contributed by atoms with Gasteiger partial charge >= 0.3 is 11.9 Å². The van der Waals surface area contributed by atoms with Gasteiger partial charge in [-0.05, 0) is 105 Å². The molecular formula is C34H41NO6. The van der Waals surface area contributed by atoms with Gasteiger partial charge < -0.3 is 24.6 Å². The topological polar surface area (TPSA) is 94.1 Å². The Morgan fingerprint density at radius 3 is 2.27 bits per heavy atom. The molecule has 0 saturated heterocycles. The van der Waals surface area contributed by atoms with Crippen molar-refractivity contribution >= 4 is 17.6 Å². The van der Waals surface area contributed by atoms with Crippen molar-refractivity contribution < 1.29 is 28.9 Å². The van der Waals surface area contributed by atoms with Gasteiger partial charge in [-0.25, -0.2) is 0 Å². The van der Waals surface area contributed by atoms with Crippen LogP contribution >= 0.6 is 0 Å². The molecule has 0 heterocycles. The standard InChI is InChI=1S/C34H41NO6/c1-34(2,3)33(38)41-27-15-14-24-18-26(13-12-25(24)19-27)28-20-30(39-4)31(40-5)21-29(28)35-16-6-7-22-8-10-23(11-9-22)17-32(36)37/h8-11,14-15,19-21,26,35H,6-7,12-13,16-18H2,1-5H3,(H,36,37)/t26-/m1/s1. The predicted octanol–water partition coefficient (Wildman–Crippen LogP) is 6.60. The minimum atomic E-state index is -0.819. The van der Waals surface area contributed by atoms with E-state index < -0.39 is 11.4 Å². The summed E-state index contributed by atoms with van der Waals surface area (Å²) in [7, 11) is 3.31. The maximum Gasteiger partial charge on any atom is 0.316 e. The molecule has 0 aliphatic heterocycles. The van der Waals surface area contributed by atoms with Crippen molar-refractivity contribution in [2.24, 2.45) is 5.41 Å². The molecule has 1 atom stereocenters. The highest BCUT2D eigenvalue weighted by Crippen LogP contribution is 2.42. The molecule has 4 rings (SSSR count). The van der Waals surface area contributed by atoms with Gasteiger partial charge in [-0.2, -0.15) is 0 Å². The quantitative estimate of drug-likeness (QED) is 0.155. The SMILES string of the molecule is COc1cc(NCCCc2ccc(CC(=O)O)cc2)c([C@@H]2CCc3cc(OC(=O)C(C)(C)C)ccc3C2)cc1OC. The first-order valence-electron chi connectivity index (χ1n) is 14.2. The zero-order valence-corrected chi connectivity index (χ0v) is 24.7. The second-order valence-electron chi connectivity index (χ2n) is 11.7. The lowest BCUT2D eigenvalue weighted by Gasteiger charge is -2.28. The number of hydrogen-bond acceptors (Lipinski definition) is 6. The molecule has 41 heavy (non-hydrogen) atoms. The van der Waals surface area contributed by atoms with Crippen LogP contribution in [0.15, 0.2) is 54.6 Å². The van der Waals surface area contributed by atoms with Gasteiger partial charge in [0.15, 0.2) is 11.5 Å². The molecule has 1 aliphatic rings.